The van der Waals surface area contributed by atoms with Crippen molar-refractivity contribution in [2.45, 2.75) is 37.4 Å². The molecule has 0 amide bonds. The lowest BCUT2D eigenvalue weighted by molar-refractivity contribution is -0.144. The second kappa shape index (κ2) is 6.83. The van der Waals surface area contributed by atoms with Crippen LogP contribution < -0.4 is 0 Å². The van der Waals surface area contributed by atoms with Gasteiger partial charge in [0.15, 0.2) is 0 Å². The van der Waals surface area contributed by atoms with Gasteiger partial charge in [0.1, 0.15) is 5.25 Å². The summed E-state index contributed by atoms with van der Waals surface area (Å²) < 4.78 is 5.34. The van der Waals surface area contributed by atoms with Gasteiger partial charge in [-0.25, -0.2) is 0 Å². The fourth-order valence-electron chi connectivity index (χ4n) is 2.39. The van der Waals surface area contributed by atoms with E-state index in [1.54, 1.807) is 0 Å². The first-order chi connectivity index (χ1) is 8.75. The van der Waals surface area contributed by atoms with Crippen molar-refractivity contribution in [3.05, 3.63) is 35.9 Å². The third-order valence-corrected chi connectivity index (χ3v) is 3.87. The lowest BCUT2D eigenvalue weighted by atomic mass is 10.1. The Kier molecular flexibility index (Phi) is 5.12. The van der Waals surface area contributed by atoms with E-state index in [-0.39, 0.29) is 11.2 Å². The van der Waals surface area contributed by atoms with Crippen LogP contribution in [0.2, 0.25) is 0 Å². The summed E-state index contributed by atoms with van der Waals surface area (Å²) in [6.07, 6.45) is 5.58. The van der Waals surface area contributed by atoms with E-state index in [9.17, 15) is 4.79 Å². The van der Waals surface area contributed by atoms with Crippen molar-refractivity contribution in [1.29, 1.82) is 0 Å². The number of esters is 1. The predicted molar refractivity (Wildman–Crippen MR) is 75.8 cm³/mol. The first-order valence-corrected chi connectivity index (χ1v) is 7.16. The van der Waals surface area contributed by atoms with Crippen molar-refractivity contribution in [2.75, 3.05) is 6.61 Å². The molecule has 1 unspecified atom stereocenters. The highest BCUT2D eigenvalue weighted by Gasteiger charge is 2.20. The van der Waals surface area contributed by atoms with E-state index < -0.39 is 0 Å². The van der Waals surface area contributed by atoms with Crippen molar-refractivity contribution in [3.63, 3.8) is 0 Å². The van der Waals surface area contributed by atoms with Crippen LogP contribution in [-0.2, 0) is 16.0 Å². The number of thiol groups is 1. The van der Waals surface area contributed by atoms with Crippen LogP contribution >= 0.6 is 12.6 Å². The number of ether oxygens (including phenoxy) is 1. The maximum atomic E-state index is 11.8. The van der Waals surface area contributed by atoms with Gasteiger partial charge in [0.25, 0.3) is 0 Å². The molecule has 2 rings (SSSR count). The predicted octanol–water partition coefficient (Wildman–Crippen LogP) is 3.26. The van der Waals surface area contributed by atoms with Gasteiger partial charge < -0.3 is 4.74 Å². The van der Waals surface area contributed by atoms with Gasteiger partial charge in [0.2, 0.25) is 0 Å². The highest BCUT2D eigenvalue weighted by atomic mass is 32.1. The van der Waals surface area contributed by atoms with Crippen molar-refractivity contribution in [2.24, 2.45) is 5.92 Å². The molecule has 0 spiro atoms. The smallest absolute Gasteiger partial charge is 0.319 e. The van der Waals surface area contributed by atoms with Gasteiger partial charge >= 0.3 is 5.97 Å². The Morgan fingerprint density at radius 3 is 2.61 bits per heavy atom. The molecule has 0 saturated heterocycles. The van der Waals surface area contributed by atoms with Crippen LogP contribution in [-0.4, -0.2) is 17.8 Å². The number of hydrogen-bond acceptors (Lipinski definition) is 3. The fraction of sp³-hybridized carbons (Fsp3) is 0.533. The monoisotopic (exact) mass is 264 g/mol. The number of rotatable bonds is 5. The van der Waals surface area contributed by atoms with Gasteiger partial charge in [-0.2, -0.15) is 12.6 Å². The van der Waals surface area contributed by atoms with E-state index >= 15 is 0 Å². The second-order valence-electron chi connectivity index (χ2n) is 4.99. The van der Waals surface area contributed by atoms with Gasteiger partial charge in [-0.05, 0) is 30.7 Å². The molecular formula is C15H20O2S. The Labute approximate surface area is 114 Å². The molecule has 0 heterocycles. The Hall–Kier alpha value is -0.960. The fourth-order valence-corrected chi connectivity index (χ4v) is 2.68. The van der Waals surface area contributed by atoms with Gasteiger partial charge in [-0.15, -0.1) is 0 Å². The molecule has 1 aromatic rings. The molecule has 0 aromatic heterocycles. The van der Waals surface area contributed by atoms with Gasteiger partial charge in [0.05, 0.1) is 6.61 Å². The summed E-state index contributed by atoms with van der Waals surface area (Å²) in [4.78, 5) is 11.8. The summed E-state index contributed by atoms with van der Waals surface area (Å²) in [5.74, 6) is 0.389. The van der Waals surface area contributed by atoms with Crippen LogP contribution in [0, 0.1) is 5.92 Å². The average molecular weight is 264 g/mol. The molecule has 98 valence electrons. The maximum absolute atomic E-state index is 11.8. The molecule has 0 radical (unpaired) electrons. The van der Waals surface area contributed by atoms with Crippen molar-refractivity contribution >= 4 is 18.6 Å². The lowest BCUT2D eigenvalue weighted by Gasteiger charge is -2.13. The van der Waals surface area contributed by atoms with Crippen LogP contribution in [0.3, 0.4) is 0 Å². The molecule has 2 nitrogen and oxygen atoms in total. The van der Waals surface area contributed by atoms with E-state index in [1.807, 2.05) is 30.3 Å². The molecule has 1 aliphatic carbocycles. The van der Waals surface area contributed by atoms with Crippen LogP contribution in [0.15, 0.2) is 30.3 Å². The molecule has 1 fully saturated rings. The summed E-state index contributed by atoms with van der Waals surface area (Å²) >= 11 is 4.34. The van der Waals surface area contributed by atoms with Crippen molar-refractivity contribution in [1.82, 2.24) is 0 Å². The third kappa shape index (κ3) is 4.05. The highest BCUT2D eigenvalue weighted by Crippen LogP contribution is 2.25. The van der Waals surface area contributed by atoms with E-state index in [0.29, 0.717) is 18.9 Å². The zero-order valence-electron chi connectivity index (χ0n) is 10.5. The van der Waals surface area contributed by atoms with Crippen molar-refractivity contribution < 1.29 is 9.53 Å². The average Bonchev–Trinajstić information content (AvgIpc) is 2.90. The van der Waals surface area contributed by atoms with Gasteiger partial charge in [-0.1, -0.05) is 43.2 Å². The summed E-state index contributed by atoms with van der Waals surface area (Å²) in [5, 5.41) is -0.353. The minimum Gasteiger partial charge on any atom is -0.465 e. The Balaban J connectivity index is 1.74. The SMILES string of the molecule is O=C(OCC1CCCC1)C(S)Cc1ccccc1. The molecule has 3 heteroatoms. The summed E-state index contributed by atoms with van der Waals surface area (Å²) in [5.41, 5.74) is 1.12. The molecule has 18 heavy (non-hydrogen) atoms. The van der Waals surface area contributed by atoms with Crippen LogP contribution in [0.4, 0.5) is 0 Å². The van der Waals surface area contributed by atoms with E-state index in [1.165, 1.54) is 25.7 Å². The zero-order chi connectivity index (χ0) is 12.8. The third-order valence-electron chi connectivity index (χ3n) is 3.48. The number of carbonyl (C=O) groups is 1. The lowest BCUT2D eigenvalue weighted by Crippen LogP contribution is -2.22. The molecule has 0 aliphatic heterocycles. The topological polar surface area (TPSA) is 26.3 Å². The highest BCUT2D eigenvalue weighted by molar-refractivity contribution is 7.81. The van der Waals surface area contributed by atoms with Crippen LogP contribution in [0.25, 0.3) is 0 Å². The quantitative estimate of drug-likeness (QED) is 0.652. The van der Waals surface area contributed by atoms with Gasteiger partial charge in [0, 0.05) is 0 Å². The largest absolute Gasteiger partial charge is 0.465 e. The number of carbonyl (C=O) groups excluding carboxylic acids is 1. The summed E-state index contributed by atoms with van der Waals surface area (Å²) in [6, 6.07) is 9.93. The summed E-state index contributed by atoms with van der Waals surface area (Å²) in [7, 11) is 0. The van der Waals surface area contributed by atoms with Crippen LogP contribution in [0.1, 0.15) is 31.2 Å². The first kappa shape index (κ1) is 13.5. The maximum Gasteiger partial charge on any atom is 0.319 e. The van der Waals surface area contributed by atoms with Gasteiger partial charge in [-0.3, -0.25) is 4.79 Å². The first-order valence-electron chi connectivity index (χ1n) is 6.64. The second-order valence-corrected chi connectivity index (χ2v) is 5.61. The van der Waals surface area contributed by atoms with Crippen molar-refractivity contribution in [3.8, 4) is 0 Å². The minimum absolute atomic E-state index is 0.186. The Bertz CT molecular complexity index is 371. The molecule has 1 aliphatic rings. The molecule has 0 bridgehead atoms. The van der Waals surface area contributed by atoms with E-state index in [0.717, 1.165) is 5.56 Å². The number of benzene rings is 1. The molecule has 1 saturated carbocycles. The van der Waals surface area contributed by atoms with Crippen LogP contribution in [0.5, 0.6) is 0 Å². The Morgan fingerprint density at radius 1 is 1.28 bits per heavy atom. The normalized spacial score (nSPS) is 17.6. The molecule has 0 N–H and O–H groups in total. The molecular weight excluding hydrogens is 244 g/mol. The Morgan fingerprint density at radius 2 is 1.94 bits per heavy atom. The zero-order valence-corrected chi connectivity index (χ0v) is 11.4. The standard InChI is InChI=1S/C15H20O2S/c16-15(17-11-13-8-4-5-9-13)14(18)10-12-6-2-1-3-7-12/h1-3,6-7,13-14,18H,4-5,8-11H2. The van der Waals surface area contributed by atoms with E-state index in [2.05, 4.69) is 12.6 Å². The molecule has 1 atom stereocenters. The molecule has 1 aromatic carbocycles. The summed E-state index contributed by atoms with van der Waals surface area (Å²) in [6.45, 7) is 0.574. The number of hydrogen-bond donors (Lipinski definition) is 1. The van der Waals surface area contributed by atoms with E-state index in [4.69, 9.17) is 4.74 Å². The minimum atomic E-state index is -0.353.